The van der Waals surface area contributed by atoms with E-state index < -0.39 is 0 Å². The van der Waals surface area contributed by atoms with Gasteiger partial charge in [0.05, 0.1) is 0 Å². The van der Waals surface area contributed by atoms with Crippen LogP contribution in [0.4, 0.5) is 0 Å². The van der Waals surface area contributed by atoms with Crippen LogP contribution in [0.5, 0.6) is 0 Å². The molecule has 0 unspecified atom stereocenters. The standard InChI is InChI=1S/C14H8N4/c15-8-13-11-5-1-2-6-12(11)14(18-17-13)10-4-3-7-16-9-10/h1-7,9H. The molecule has 18 heavy (non-hydrogen) atoms. The van der Waals surface area contributed by atoms with E-state index in [1.807, 2.05) is 36.4 Å². The average molecular weight is 232 g/mol. The van der Waals surface area contributed by atoms with Gasteiger partial charge in [-0.25, -0.2) is 0 Å². The predicted octanol–water partition coefficient (Wildman–Crippen LogP) is 2.56. The van der Waals surface area contributed by atoms with Crippen molar-refractivity contribution in [3.05, 3.63) is 54.5 Å². The molecule has 4 nitrogen and oxygen atoms in total. The van der Waals surface area contributed by atoms with Gasteiger partial charge in [-0.1, -0.05) is 24.3 Å². The highest BCUT2D eigenvalue weighted by molar-refractivity contribution is 5.96. The summed E-state index contributed by atoms with van der Waals surface area (Å²) >= 11 is 0. The molecule has 0 aliphatic heterocycles. The zero-order chi connectivity index (χ0) is 12.4. The summed E-state index contributed by atoms with van der Waals surface area (Å²) in [6, 6.07) is 13.5. The fraction of sp³-hybridized carbons (Fsp3) is 0. The molecule has 0 aliphatic carbocycles. The van der Waals surface area contributed by atoms with E-state index in [1.54, 1.807) is 12.4 Å². The number of aromatic nitrogens is 3. The molecule has 0 saturated carbocycles. The van der Waals surface area contributed by atoms with E-state index in [4.69, 9.17) is 5.26 Å². The monoisotopic (exact) mass is 232 g/mol. The molecule has 2 heterocycles. The van der Waals surface area contributed by atoms with Gasteiger partial charge >= 0.3 is 0 Å². The van der Waals surface area contributed by atoms with Crippen molar-refractivity contribution in [2.45, 2.75) is 0 Å². The Morgan fingerprint density at radius 1 is 0.944 bits per heavy atom. The summed E-state index contributed by atoms with van der Waals surface area (Å²) in [5, 5.41) is 18.9. The summed E-state index contributed by atoms with van der Waals surface area (Å²) in [5.74, 6) is 0. The Bertz CT molecular complexity index is 745. The molecule has 0 fully saturated rings. The van der Waals surface area contributed by atoms with Crippen LogP contribution in [0, 0.1) is 11.3 Å². The minimum absolute atomic E-state index is 0.346. The van der Waals surface area contributed by atoms with Crippen LogP contribution in [-0.2, 0) is 0 Å². The zero-order valence-electron chi connectivity index (χ0n) is 9.41. The van der Waals surface area contributed by atoms with Crippen LogP contribution in [0.1, 0.15) is 5.69 Å². The predicted molar refractivity (Wildman–Crippen MR) is 67.5 cm³/mol. The van der Waals surface area contributed by atoms with Crippen LogP contribution in [0.2, 0.25) is 0 Å². The lowest BCUT2D eigenvalue weighted by molar-refractivity contribution is 1.03. The molecule has 1 aromatic carbocycles. The summed E-state index contributed by atoms with van der Waals surface area (Å²) in [5.41, 5.74) is 1.99. The van der Waals surface area contributed by atoms with Crippen molar-refractivity contribution in [2.24, 2.45) is 0 Å². The minimum Gasteiger partial charge on any atom is -0.264 e. The number of hydrogen-bond acceptors (Lipinski definition) is 4. The molecule has 0 N–H and O–H groups in total. The molecule has 3 aromatic rings. The molecule has 0 saturated heterocycles. The van der Waals surface area contributed by atoms with Crippen LogP contribution < -0.4 is 0 Å². The third kappa shape index (κ3) is 1.59. The van der Waals surface area contributed by atoms with Gasteiger partial charge in [0, 0.05) is 28.7 Å². The van der Waals surface area contributed by atoms with Gasteiger partial charge in [-0.3, -0.25) is 4.98 Å². The third-order valence-electron chi connectivity index (χ3n) is 2.73. The first-order valence-corrected chi connectivity index (χ1v) is 5.46. The van der Waals surface area contributed by atoms with E-state index in [-0.39, 0.29) is 0 Å². The Kier molecular flexibility index (Phi) is 2.43. The normalized spacial score (nSPS) is 10.2. The Morgan fingerprint density at radius 2 is 1.78 bits per heavy atom. The smallest absolute Gasteiger partial charge is 0.170 e. The molecule has 2 aromatic heterocycles. The second-order valence-corrected chi connectivity index (χ2v) is 3.80. The van der Waals surface area contributed by atoms with Crippen molar-refractivity contribution in [2.75, 3.05) is 0 Å². The van der Waals surface area contributed by atoms with E-state index in [0.29, 0.717) is 5.69 Å². The lowest BCUT2D eigenvalue weighted by atomic mass is 10.1. The van der Waals surface area contributed by atoms with Crippen LogP contribution in [0.25, 0.3) is 22.0 Å². The fourth-order valence-corrected chi connectivity index (χ4v) is 1.90. The highest BCUT2D eigenvalue weighted by Gasteiger charge is 2.09. The molecule has 0 bridgehead atoms. The van der Waals surface area contributed by atoms with Crippen LogP contribution >= 0.6 is 0 Å². The maximum atomic E-state index is 9.03. The number of nitriles is 1. The maximum Gasteiger partial charge on any atom is 0.170 e. The number of benzene rings is 1. The van der Waals surface area contributed by atoms with Crippen LogP contribution in [0.15, 0.2) is 48.8 Å². The Labute approximate surface area is 104 Å². The summed E-state index contributed by atoms with van der Waals surface area (Å²) in [7, 11) is 0. The molecule has 3 rings (SSSR count). The second kappa shape index (κ2) is 4.22. The Balaban J connectivity index is 2.36. The van der Waals surface area contributed by atoms with Gasteiger partial charge in [0.1, 0.15) is 11.8 Å². The first-order valence-electron chi connectivity index (χ1n) is 5.46. The molecule has 84 valence electrons. The minimum atomic E-state index is 0.346. The second-order valence-electron chi connectivity index (χ2n) is 3.80. The zero-order valence-corrected chi connectivity index (χ0v) is 9.41. The molecule has 0 aliphatic rings. The van der Waals surface area contributed by atoms with Crippen molar-refractivity contribution >= 4 is 10.8 Å². The van der Waals surface area contributed by atoms with Gasteiger partial charge in [-0.15, -0.1) is 10.2 Å². The number of rotatable bonds is 1. The van der Waals surface area contributed by atoms with Gasteiger partial charge in [0.15, 0.2) is 5.69 Å². The fourth-order valence-electron chi connectivity index (χ4n) is 1.90. The van der Waals surface area contributed by atoms with E-state index in [2.05, 4.69) is 21.3 Å². The molecule has 0 atom stereocenters. The van der Waals surface area contributed by atoms with Gasteiger partial charge in [0.25, 0.3) is 0 Å². The van der Waals surface area contributed by atoms with Crippen molar-refractivity contribution in [1.29, 1.82) is 5.26 Å². The highest BCUT2D eigenvalue weighted by Crippen LogP contribution is 2.26. The van der Waals surface area contributed by atoms with Crippen LogP contribution in [0.3, 0.4) is 0 Å². The topological polar surface area (TPSA) is 62.5 Å². The summed E-state index contributed by atoms with van der Waals surface area (Å²) in [4.78, 5) is 4.08. The summed E-state index contributed by atoms with van der Waals surface area (Å²) in [6.45, 7) is 0. The third-order valence-corrected chi connectivity index (χ3v) is 2.73. The molecular weight excluding hydrogens is 224 g/mol. The number of pyridine rings is 1. The first kappa shape index (κ1) is 10.4. The van der Waals surface area contributed by atoms with E-state index in [1.165, 1.54) is 0 Å². The SMILES string of the molecule is N#Cc1nnc(-c2cccnc2)c2ccccc12. The largest absolute Gasteiger partial charge is 0.264 e. The summed E-state index contributed by atoms with van der Waals surface area (Å²) in [6.07, 6.45) is 3.45. The van der Waals surface area contributed by atoms with Gasteiger partial charge < -0.3 is 0 Å². The van der Waals surface area contributed by atoms with Gasteiger partial charge in [-0.2, -0.15) is 5.26 Å². The molecule has 4 heteroatoms. The number of nitrogens with zero attached hydrogens (tertiary/aromatic N) is 4. The van der Waals surface area contributed by atoms with Crippen molar-refractivity contribution in [3.8, 4) is 17.3 Å². The quantitative estimate of drug-likeness (QED) is 0.646. The molecule has 0 spiro atoms. The van der Waals surface area contributed by atoms with E-state index >= 15 is 0 Å². The molecular formula is C14H8N4. The van der Waals surface area contributed by atoms with Gasteiger partial charge in [-0.05, 0) is 12.1 Å². The highest BCUT2D eigenvalue weighted by atomic mass is 15.1. The van der Waals surface area contributed by atoms with Crippen molar-refractivity contribution in [3.63, 3.8) is 0 Å². The van der Waals surface area contributed by atoms with Crippen molar-refractivity contribution in [1.82, 2.24) is 15.2 Å². The average Bonchev–Trinajstić information content (AvgIpc) is 2.47. The maximum absolute atomic E-state index is 9.03. The number of fused-ring (bicyclic) bond motifs is 1. The lowest BCUT2D eigenvalue weighted by Gasteiger charge is -2.05. The number of hydrogen-bond donors (Lipinski definition) is 0. The Morgan fingerprint density at radius 3 is 2.50 bits per heavy atom. The van der Waals surface area contributed by atoms with E-state index in [0.717, 1.165) is 22.0 Å². The van der Waals surface area contributed by atoms with E-state index in [9.17, 15) is 0 Å². The summed E-state index contributed by atoms with van der Waals surface area (Å²) < 4.78 is 0. The molecule has 0 amide bonds. The Hall–Kier alpha value is -2.80. The molecule has 0 radical (unpaired) electrons. The van der Waals surface area contributed by atoms with Crippen LogP contribution in [-0.4, -0.2) is 15.2 Å². The van der Waals surface area contributed by atoms with Gasteiger partial charge in [0.2, 0.25) is 0 Å². The van der Waals surface area contributed by atoms with Crippen molar-refractivity contribution < 1.29 is 0 Å². The first-order chi connectivity index (χ1) is 8.90. The lowest BCUT2D eigenvalue weighted by Crippen LogP contribution is -1.94.